The van der Waals surface area contributed by atoms with Crippen LogP contribution in [-0.4, -0.2) is 5.91 Å². The van der Waals surface area contributed by atoms with Crippen LogP contribution in [0.3, 0.4) is 0 Å². The van der Waals surface area contributed by atoms with E-state index in [0.29, 0.717) is 6.54 Å². The third kappa shape index (κ3) is 2.39. The largest absolute Gasteiger partial charge is 0.352 e. The normalized spacial score (nSPS) is 28.0. The van der Waals surface area contributed by atoms with Crippen LogP contribution >= 0.6 is 0 Å². The van der Waals surface area contributed by atoms with Crippen LogP contribution in [0.25, 0.3) is 0 Å². The summed E-state index contributed by atoms with van der Waals surface area (Å²) in [7, 11) is 0. The number of amides is 1. The molecule has 3 heteroatoms. The standard InChI is InChI=1S/C16H22N2O/c1-3-16(2)7-14(16)15(19)18-8-11-4-5-12-9-17-10-13(12)6-11/h4-6,14,17H,3,7-10H2,1-2H3,(H,18,19). The van der Waals surface area contributed by atoms with Gasteiger partial charge in [-0.25, -0.2) is 0 Å². The number of benzene rings is 1. The van der Waals surface area contributed by atoms with Crippen LogP contribution in [0, 0.1) is 11.3 Å². The monoisotopic (exact) mass is 258 g/mol. The maximum absolute atomic E-state index is 12.1. The Morgan fingerprint density at radius 3 is 2.95 bits per heavy atom. The first kappa shape index (κ1) is 12.7. The Kier molecular flexibility index (Phi) is 3.09. The number of rotatable bonds is 4. The number of hydrogen-bond donors (Lipinski definition) is 2. The minimum Gasteiger partial charge on any atom is -0.352 e. The highest BCUT2D eigenvalue weighted by molar-refractivity contribution is 5.82. The predicted octanol–water partition coefficient (Wildman–Crippen LogP) is 2.34. The fraction of sp³-hybridized carbons (Fsp3) is 0.562. The van der Waals surface area contributed by atoms with Crippen molar-refractivity contribution < 1.29 is 4.79 Å². The number of carbonyl (C=O) groups excluding carboxylic acids is 1. The summed E-state index contributed by atoms with van der Waals surface area (Å²) in [5.41, 5.74) is 4.22. The predicted molar refractivity (Wildman–Crippen MR) is 75.3 cm³/mol. The number of nitrogens with one attached hydrogen (secondary N) is 2. The average molecular weight is 258 g/mol. The Hall–Kier alpha value is -1.35. The second-order valence-corrected chi connectivity index (χ2v) is 6.19. The van der Waals surface area contributed by atoms with Crippen molar-refractivity contribution in [2.24, 2.45) is 11.3 Å². The highest BCUT2D eigenvalue weighted by Crippen LogP contribution is 2.54. The van der Waals surface area contributed by atoms with Gasteiger partial charge in [-0.1, -0.05) is 32.0 Å². The summed E-state index contributed by atoms with van der Waals surface area (Å²) in [6, 6.07) is 6.50. The first-order valence-corrected chi connectivity index (χ1v) is 7.21. The molecule has 1 aliphatic heterocycles. The average Bonchev–Trinajstić information content (AvgIpc) is 2.90. The van der Waals surface area contributed by atoms with E-state index in [9.17, 15) is 4.79 Å². The van der Waals surface area contributed by atoms with Crippen molar-refractivity contribution in [3.63, 3.8) is 0 Å². The molecule has 0 radical (unpaired) electrons. The Morgan fingerprint density at radius 2 is 2.21 bits per heavy atom. The van der Waals surface area contributed by atoms with Crippen molar-refractivity contribution in [1.82, 2.24) is 10.6 Å². The summed E-state index contributed by atoms with van der Waals surface area (Å²) in [4.78, 5) is 12.1. The molecule has 0 bridgehead atoms. The molecule has 1 fully saturated rings. The van der Waals surface area contributed by atoms with Crippen LogP contribution in [0.5, 0.6) is 0 Å². The summed E-state index contributed by atoms with van der Waals surface area (Å²) in [6.07, 6.45) is 2.14. The van der Waals surface area contributed by atoms with Crippen molar-refractivity contribution in [3.05, 3.63) is 34.9 Å². The molecule has 1 amide bonds. The van der Waals surface area contributed by atoms with Crippen LogP contribution in [0.1, 0.15) is 43.4 Å². The van der Waals surface area contributed by atoms with Gasteiger partial charge in [0.1, 0.15) is 0 Å². The van der Waals surface area contributed by atoms with Crippen LogP contribution in [0.4, 0.5) is 0 Å². The fourth-order valence-electron chi connectivity index (χ4n) is 2.98. The highest BCUT2D eigenvalue weighted by atomic mass is 16.2. The van der Waals surface area contributed by atoms with Gasteiger partial charge in [-0.2, -0.15) is 0 Å². The molecule has 3 rings (SSSR count). The van der Waals surface area contributed by atoms with Crippen LogP contribution < -0.4 is 10.6 Å². The topological polar surface area (TPSA) is 41.1 Å². The van der Waals surface area contributed by atoms with E-state index in [1.807, 2.05) is 0 Å². The minimum absolute atomic E-state index is 0.225. The van der Waals surface area contributed by atoms with E-state index in [1.54, 1.807) is 0 Å². The SMILES string of the molecule is CCC1(C)CC1C(=O)NCc1ccc2c(c1)CNC2. The molecule has 2 N–H and O–H groups in total. The van der Waals surface area contributed by atoms with E-state index < -0.39 is 0 Å². The van der Waals surface area contributed by atoms with Gasteiger partial charge in [0.2, 0.25) is 5.91 Å². The summed E-state index contributed by atoms with van der Waals surface area (Å²) in [6.45, 7) is 6.95. The Morgan fingerprint density at radius 1 is 1.42 bits per heavy atom. The van der Waals surface area contributed by atoms with Gasteiger partial charge in [-0.15, -0.1) is 0 Å². The molecule has 1 aliphatic carbocycles. The first-order valence-electron chi connectivity index (χ1n) is 7.21. The molecule has 1 heterocycles. The van der Waals surface area contributed by atoms with Gasteiger partial charge in [0.25, 0.3) is 0 Å². The molecule has 3 nitrogen and oxygen atoms in total. The van der Waals surface area contributed by atoms with E-state index in [4.69, 9.17) is 0 Å². The summed E-state index contributed by atoms with van der Waals surface area (Å²) in [5.74, 6) is 0.455. The zero-order valence-electron chi connectivity index (χ0n) is 11.8. The lowest BCUT2D eigenvalue weighted by Gasteiger charge is -2.09. The molecular weight excluding hydrogens is 236 g/mol. The summed E-state index contributed by atoms with van der Waals surface area (Å²) >= 11 is 0. The molecule has 102 valence electrons. The smallest absolute Gasteiger partial charge is 0.223 e. The molecule has 2 unspecified atom stereocenters. The number of hydrogen-bond acceptors (Lipinski definition) is 2. The molecule has 0 saturated heterocycles. The molecule has 1 aromatic carbocycles. The molecule has 1 aromatic rings. The highest BCUT2D eigenvalue weighted by Gasteiger charge is 2.52. The molecule has 2 aliphatic rings. The van der Waals surface area contributed by atoms with E-state index in [0.717, 1.165) is 25.9 Å². The zero-order valence-corrected chi connectivity index (χ0v) is 11.8. The lowest BCUT2D eigenvalue weighted by atomic mass is 10.0. The van der Waals surface area contributed by atoms with Crippen LogP contribution in [-0.2, 0) is 24.4 Å². The second-order valence-electron chi connectivity index (χ2n) is 6.19. The van der Waals surface area contributed by atoms with Crippen molar-refractivity contribution >= 4 is 5.91 Å². The van der Waals surface area contributed by atoms with Crippen LogP contribution in [0.2, 0.25) is 0 Å². The van der Waals surface area contributed by atoms with E-state index >= 15 is 0 Å². The van der Waals surface area contributed by atoms with Gasteiger partial charge >= 0.3 is 0 Å². The van der Waals surface area contributed by atoms with E-state index in [1.165, 1.54) is 16.7 Å². The molecule has 0 spiro atoms. The third-order valence-electron chi connectivity index (χ3n) is 4.84. The number of fused-ring (bicyclic) bond motifs is 1. The van der Waals surface area contributed by atoms with Crippen molar-refractivity contribution in [2.75, 3.05) is 0 Å². The zero-order chi connectivity index (χ0) is 13.5. The summed E-state index contributed by atoms with van der Waals surface area (Å²) in [5, 5.41) is 6.42. The van der Waals surface area contributed by atoms with Gasteiger partial charge in [-0.05, 0) is 34.9 Å². The van der Waals surface area contributed by atoms with E-state index in [-0.39, 0.29) is 17.2 Å². The lowest BCUT2D eigenvalue weighted by molar-refractivity contribution is -0.123. The Balaban J connectivity index is 1.57. The van der Waals surface area contributed by atoms with E-state index in [2.05, 4.69) is 42.7 Å². The molecule has 19 heavy (non-hydrogen) atoms. The van der Waals surface area contributed by atoms with Crippen molar-refractivity contribution in [1.29, 1.82) is 0 Å². The molecule has 0 aromatic heterocycles. The van der Waals surface area contributed by atoms with Gasteiger partial charge in [-0.3, -0.25) is 4.79 Å². The summed E-state index contributed by atoms with van der Waals surface area (Å²) < 4.78 is 0. The quantitative estimate of drug-likeness (QED) is 0.870. The number of carbonyl (C=O) groups is 1. The Bertz CT molecular complexity index is 511. The minimum atomic E-state index is 0.225. The van der Waals surface area contributed by atoms with Crippen molar-refractivity contribution in [3.8, 4) is 0 Å². The maximum atomic E-state index is 12.1. The van der Waals surface area contributed by atoms with Gasteiger partial charge in [0.05, 0.1) is 0 Å². The second kappa shape index (κ2) is 4.64. The van der Waals surface area contributed by atoms with Gasteiger partial charge < -0.3 is 10.6 Å². The van der Waals surface area contributed by atoms with Crippen molar-refractivity contribution in [2.45, 2.75) is 46.3 Å². The van der Waals surface area contributed by atoms with Crippen LogP contribution in [0.15, 0.2) is 18.2 Å². The maximum Gasteiger partial charge on any atom is 0.223 e. The first-order chi connectivity index (χ1) is 9.12. The molecule has 1 saturated carbocycles. The molecular formula is C16H22N2O. The third-order valence-corrected chi connectivity index (χ3v) is 4.84. The lowest BCUT2D eigenvalue weighted by Crippen LogP contribution is -2.26. The van der Waals surface area contributed by atoms with Gasteiger partial charge in [0, 0.05) is 25.6 Å². The fourth-order valence-corrected chi connectivity index (χ4v) is 2.98. The molecule has 2 atom stereocenters. The Labute approximate surface area is 114 Å². The van der Waals surface area contributed by atoms with Gasteiger partial charge in [0.15, 0.2) is 0 Å².